The fourth-order valence-electron chi connectivity index (χ4n) is 6.30. The summed E-state index contributed by atoms with van der Waals surface area (Å²) in [7, 11) is -3.55. The van der Waals surface area contributed by atoms with Gasteiger partial charge in [0.15, 0.2) is 0 Å². The fourth-order valence-corrected chi connectivity index (χ4v) is 7.66. The van der Waals surface area contributed by atoms with Crippen LogP contribution < -0.4 is 15.8 Å². The molecule has 2 aromatic carbocycles. The molecule has 4 amide bonds. The van der Waals surface area contributed by atoms with Crippen LogP contribution in [0.5, 0.6) is 0 Å². The lowest BCUT2D eigenvalue weighted by Gasteiger charge is -2.28. The van der Waals surface area contributed by atoms with Crippen LogP contribution in [-0.2, 0) is 33.9 Å². The van der Waals surface area contributed by atoms with Gasteiger partial charge in [-0.15, -0.1) is 0 Å². The second kappa shape index (κ2) is 15.8. The monoisotopic (exact) mass is 724 g/mol. The molecule has 5 rings (SSSR count). The predicted octanol–water partition coefficient (Wildman–Crippen LogP) is 4.10. The molecule has 0 radical (unpaired) electrons. The number of nitrogens with one attached hydrogen (secondary N) is 2. The zero-order valence-corrected chi connectivity index (χ0v) is 30.2. The van der Waals surface area contributed by atoms with Crippen LogP contribution in [0.3, 0.4) is 0 Å². The number of rotatable bonds is 15. The first-order valence-corrected chi connectivity index (χ1v) is 19.2. The first kappa shape index (κ1) is 37.8. The number of primary amides is 1. The molecule has 1 saturated heterocycles. The SMILES string of the molecule is CC(C)(C)OC(=O)N[C@@H](CCCCC/C=C\[C@@H]1C[C@@H]1C(=O)NS(=O)(=O)C1CC1)C(=O)N1C[C@H](OC(=O)c2ccc3ccccc3c2)C[C@H]1C(N)=O. The highest BCUT2D eigenvalue weighted by atomic mass is 32.2. The Labute approximate surface area is 298 Å². The maximum Gasteiger partial charge on any atom is 0.408 e. The van der Waals surface area contributed by atoms with Crippen molar-refractivity contribution in [1.29, 1.82) is 0 Å². The Bertz CT molecular complexity index is 1780. The topological polar surface area (TPSA) is 191 Å². The number of benzene rings is 2. The van der Waals surface area contributed by atoms with E-state index in [-0.39, 0.29) is 31.2 Å². The molecule has 51 heavy (non-hydrogen) atoms. The number of nitrogens with zero attached hydrogens (tertiary/aromatic N) is 1. The molecule has 14 heteroatoms. The van der Waals surface area contributed by atoms with E-state index in [0.29, 0.717) is 31.2 Å². The number of hydrogen-bond acceptors (Lipinski definition) is 9. The lowest BCUT2D eigenvalue weighted by molar-refractivity contribution is -0.139. The molecule has 0 spiro atoms. The Morgan fingerprint density at radius 2 is 1.73 bits per heavy atom. The first-order chi connectivity index (χ1) is 24.1. The summed E-state index contributed by atoms with van der Waals surface area (Å²) in [5.74, 6) is -2.57. The fraction of sp³-hybridized carbons (Fsp3) is 0.541. The molecule has 5 atom stereocenters. The number of hydrogen-bond donors (Lipinski definition) is 3. The quantitative estimate of drug-likeness (QED) is 0.138. The number of carbonyl (C=O) groups is 5. The lowest BCUT2D eigenvalue weighted by atomic mass is 10.0. The Morgan fingerprint density at radius 3 is 2.41 bits per heavy atom. The smallest absolute Gasteiger partial charge is 0.408 e. The molecule has 3 aliphatic rings. The Hall–Kier alpha value is -4.46. The van der Waals surface area contributed by atoms with Gasteiger partial charge in [0, 0.05) is 12.3 Å². The van der Waals surface area contributed by atoms with Gasteiger partial charge in [0.05, 0.1) is 17.4 Å². The van der Waals surface area contributed by atoms with Crippen molar-refractivity contribution < 1.29 is 41.9 Å². The standard InChI is InChI=1S/C37H48N4O9S/c1-37(2,3)50-36(46)39-30(14-8-6-4-5-7-13-25-20-29(25)33(43)40-51(47,48)28-17-18-28)34(44)41-22-27(21-31(41)32(38)42)49-35(45)26-16-15-23-11-9-10-12-24(23)19-26/h7,9-13,15-16,19,25,27-31H,4-6,8,14,17-18,20-22H2,1-3H3,(H2,38,42)(H,39,46)(H,40,43)/b13-7-/t25-,27-,29+,30+,31+/m1/s1. The van der Waals surface area contributed by atoms with E-state index in [1.807, 2.05) is 42.5 Å². The summed E-state index contributed by atoms with van der Waals surface area (Å²) >= 11 is 0. The average molecular weight is 725 g/mol. The van der Waals surface area contributed by atoms with Gasteiger partial charge in [0.25, 0.3) is 0 Å². The van der Waals surface area contributed by atoms with Gasteiger partial charge in [-0.3, -0.25) is 19.1 Å². The normalized spacial score (nSPS) is 22.4. The third-order valence-corrected chi connectivity index (χ3v) is 11.1. The molecule has 1 aliphatic heterocycles. The van der Waals surface area contributed by atoms with Gasteiger partial charge in [-0.05, 0) is 88.1 Å². The molecule has 0 bridgehead atoms. The van der Waals surface area contributed by atoms with E-state index in [1.54, 1.807) is 32.9 Å². The molecule has 4 N–H and O–H groups in total. The highest BCUT2D eigenvalue weighted by Gasteiger charge is 2.45. The van der Waals surface area contributed by atoms with Crippen LogP contribution in [0.2, 0.25) is 0 Å². The molecule has 13 nitrogen and oxygen atoms in total. The van der Waals surface area contributed by atoms with Crippen LogP contribution >= 0.6 is 0 Å². The molecule has 0 unspecified atom stereocenters. The number of sulfonamides is 1. The summed E-state index contributed by atoms with van der Waals surface area (Å²) in [5, 5.41) is 4.07. The van der Waals surface area contributed by atoms with Gasteiger partial charge in [-0.2, -0.15) is 0 Å². The molecule has 3 fully saturated rings. The van der Waals surface area contributed by atoms with E-state index in [9.17, 15) is 32.4 Å². The minimum Gasteiger partial charge on any atom is -0.457 e. The number of alkyl carbamates (subject to hydrolysis) is 1. The van der Waals surface area contributed by atoms with Gasteiger partial charge in [0.1, 0.15) is 23.8 Å². The number of carbonyl (C=O) groups excluding carboxylic acids is 5. The van der Waals surface area contributed by atoms with Gasteiger partial charge in [-0.1, -0.05) is 55.3 Å². The van der Waals surface area contributed by atoms with Crippen LogP contribution in [0.25, 0.3) is 10.8 Å². The summed E-state index contributed by atoms with van der Waals surface area (Å²) < 4.78 is 37.4. The van der Waals surface area contributed by atoms with Crippen molar-refractivity contribution in [2.45, 2.75) is 108 Å². The van der Waals surface area contributed by atoms with Crippen molar-refractivity contribution in [1.82, 2.24) is 14.9 Å². The number of esters is 1. The summed E-state index contributed by atoms with van der Waals surface area (Å²) in [6, 6.07) is 10.8. The Balaban J connectivity index is 1.13. The summed E-state index contributed by atoms with van der Waals surface area (Å²) in [5.41, 5.74) is 5.24. The minimum absolute atomic E-state index is 0.0220. The molecule has 0 aromatic heterocycles. The number of nitrogens with two attached hydrogens (primary N) is 1. The van der Waals surface area contributed by atoms with Crippen LogP contribution in [0.1, 0.15) is 88.9 Å². The third-order valence-electron chi connectivity index (χ3n) is 9.25. The van der Waals surface area contributed by atoms with Crippen LogP contribution in [-0.4, -0.2) is 78.7 Å². The Kier molecular flexibility index (Phi) is 11.7. The van der Waals surface area contributed by atoms with Crippen molar-refractivity contribution in [2.24, 2.45) is 17.6 Å². The molecule has 1 heterocycles. The summed E-state index contributed by atoms with van der Waals surface area (Å²) in [6.07, 6.45) is 7.30. The number of likely N-dealkylation sites (tertiary alicyclic amines) is 1. The number of unbranched alkanes of at least 4 members (excludes halogenated alkanes) is 3. The number of allylic oxidation sites excluding steroid dienone is 2. The van der Waals surface area contributed by atoms with Crippen LogP contribution in [0, 0.1) is 11.8 Å². The van der Waals surface area contributed by atoms with E-state index in [2.05, 4.69) is 10.0 Å². The molecule has 2 aromatic rings. The highest BCUT2D eigenvalue weighted by molar-refractivity contribution is 7.90. The van der Waals surface area contributed by atoms with Crippen molar-refractivity contribution in [3.63, 3.8) is 0 Å². The van der Waals surface area contributed by atoms with Crippen molar-refractivity contribution in [2.75, 3.05) is 6.54 Å². The summed E-state index contributed by atoms with van der Waals surface area (Å²) in [6.45, 7) is 5.07. The zero-order chi connectivity index (χ0) is 36.9. The van der Waals surface area contributed by atoms with Crippen molar-refractivity contribution in [3.8, 4) is 0 Å². The maximum atomic E-state index is 13.9. The predicted molar refractivity (Wildman–Crippen MR) is 190 cm³/mol. The lowest BCUT2D eigenvalue weighted by Crippen LogP contribution is -2.53. The van der Waals surface area contributed by atoms with E-state index in [1.165, 1.54) is 4.90 Å². The zero-order valence-electron chi connectivity index (χ0n) is 29.3. The second-order valence-electron chi connectivity index (χ2n) is 14.7. The highest BCUT2D eigenvalue weighted by Crippen LogP contribution is 2.40. The van der Waals surface area contributed by atoms with Gasteiger partial charge >= 0.3 is 12.1 Å². The van der Waals surface area contributed by atoms with Gasteiger partial charge in [0.2, 0.25) is 27.7 Å². The number of fused-ring (bicyclic) bond motifs is 1. The second-order valence-corrected chi connectivity index (χ2v) is 16.7. The van der Waals surface area contributed by atoms with E-state index >= 15 is 0 Å². The molecular weight excluding hydrogens is 676 g/mol. The number of ether oxygens (including phenoxy) is 2. The molecule has 2 saturated carbocycles. The van der Waals surface area contributed by atoms with E-state index in [0.717, 1.165) is 30.0 Å². The molecule has 2 aliphatic carbocycles. The maximum absolute atomic E-state index is 13.9. The largest absolute Gasteiger partial charge is 0.457 e. The van der Waals surface area contributed by atoms with Crippen molar-refractivity contribution in [3.05, 3.63) is 60.2 Å². The average Bonchev–Trinajstić information content (AvgIpc) is 3.99. The van der Waals surface area contributed by atoms with Crippen molar-refractivity contribution >= 4 is 50.6 Å². The third kappa shape index (κ3) is 10.5. The number of amides is 4. The first-order valence-electron chi connectivity index (χ1n) is 17.6. The van der Waals surface area contributed by atoms with E-state index in [4.69, 9.17) is 15.2 Å². The van der Waals surface area contributed by atoms with Gasteiger partial charge in [-0.25, -0.2) is 18.0 Å². The Morgan fingerprint density at radius 1 is 1.00 bits per heavy atom. The van der Waals surface area contributed by atoms with Crippen LogP contribution in [0.15, 0.2) is 54.6 Å². The minimum atomic E-state index is -3.55. The molecule has 276 valence electrons. The summed E-state index contributed by atoms with van der Waals surface area (Å²) in [4.78, 5) is 65.8. The molecular formula is C37H48N4O9S. The van der Waals surface area contributed by atoms with E-state index < -0.39 is 68.8 Å². The van der Waals surface area contributed by atoms with Gasteiger partial charge < -0.3 is 25.4 Å². The van der Waals surface area contributed by atoms with Crippen LogP contribution in [0.4, 0.5) is 4.79 Å².